The van der Waals surface area contributed by atoms with Gasteiger partial charge < -0.3 is 14.2 Å². The predicted octanol–water partition coefficient (Wildman–Crippen LogP) is 3.32. The summed E-state index contributed by atoms with van der Waals surface area (Å²) in [5.41, 5.74) is 0.909. The van der Waals surface area contributed by atoms with Gasteiger partial charge >= 0.3 is 5.97 Å². The van der Waals surface area contributed by atoms with Crippen molar-refractivity contribution in [2.24, 2.45) is 5.92 Å². The van der Waals surface area contributed by atoms with Crippen LogP contribution in [-0.4, -0.2) is 26.3 Å². The first-order valence-corrected chi connectivity index (χ1v) is 7.46. The van der Waals surface area contributed by atoms with E-state index in [-0.39, 0.29) is 17.3 Å². The molecule has 2 rings (SSSR count). The number of hydrogen-bond acceptors (Lipinski definition) is 4. The number of hydrogen-bond donors (Lipinski definition) is 0. The molecular formula is C17H24O4. The van der Waals surface area contributed by atoms with Gasteiger partial charge in [0.05, 0.1) is 19.1 Å². The van der Waals surface area contributed by atoms with Gasteiger partial charge in [-0.2, -0.15) is 0 Å². The van der Waals surface area contributed by atoms with E-state index in [1.807, 2.05) is 25.1 Å². The summed E-state index contributed by atoms with van der Waals surface area (Å²) in [6.45, 7) is 7.23. The fourth-order valence-corrected chi connectivity index (χ4v) is 2.24. The molecule has 4 heteroatoms. The Labute approximate surface area is 126 Å². The van der Waals surface area contributed by atoms with Crippen LogP contribution in [0.4, 0.5) is 0 Å². The lowest BCUT2D eigenvalue weighted by Crippen LogP contribution is -2.23. The first-order chi connectivity index (χ1) is 9.97. The minimum Gasteiger partial charge on any atom is -0.490 e. The monoisotopic (exact) mass is 292 g/mol. The molecule has 1 aromatic rings. The molecule has 0 bridgehead atoms. The van der Waals surface area contributed by atoms with Crippen LogP contribution in [0.2, 0.25) is 0 Å². The molecule has 21 heavy (non-hydrogen) atoms. The van der Waals surface area contributed by atoms with E-state index in [4.69, 9.17) is 14.2 Å². The molecule has 1 fully saturated rings. The third kappa shape index (κ3) is 3.97. The Morgan fingerprint density at radius 3 is 2.57 bits per heavy atom. The lowest BCUT2D eigenvalue weighted by molar-refractivity contribution is -0.135. The SMILES string of the molecule is CCOc1ccc(C(C)(C)COC)cc1OC(=O)C1CC1. The number of esters is 1. The number of ether oxygens (including phenoxy) is 3. The van der Waals surface area contributed by atoms with Gasteiger partial charge in [-0.1, -0.05) is 19.9 Å². The lowest BCUT2D eigenvalue weighted by Gasteiger charge is -2.25. The Hall–Kier alpha value is -1.55. The molecular weight excluding hydrogens is 268 g/mol. The molecule has 0 aromatic heterocycles. The van der Waals surface area contributed by atoms with Gasteiger partial charge in [0.15, 0.2) is 11.5 Å². The van der Waals surface area contributed by atoms with Crippen molar-refractivity contribution in [2.75, 3.05) is 20.3 Å². The third-order valence-corrected chi connectivity index (χ3v) is 3.65. The van der Waals surface area contributed by atoms with Crippen molar-refractivity contribution >= 4 is 5.97 Å². The first-order valence-electron chi connectivity index (χ1n) is 7.46. The highest BCUT2D eigenvalue weighted by molar-refractivity contribution is 5.78. The summed E-state index contributed by atoms with van der Waals surface area (Å²) >= 11 is 0. The van der Waals surface area contributed by atoms with E-state index in [1.165, 1.54) is 0 Å². The van der Waals surface area contributed by atoms with Crippen molar-refractivity contribution < 1.29 is 19.0 Å². The zero-order valence-corrected chi connectivity index (χ0v) is 13.3. The summed E-state index contributed by atoms with van der Waals surface area (Å²) in [5, 5.41) is 0. The molecule has 4 nitrogen and oxygen atoms in total. The van der Waals surface area contributed by atoms with E-state index in [1.54, 1.807) is 7.11 Å². The van der Waals surface area contributed by atoms with Gasteiger partial charge in [-0.15, -0.1) is 0 Å². The van der Waals surface area contributed by atoms with E-state index >= 15 is 0 Å². The predicted molar refractivity (Wildman–Crippen MR) is 80.9 cm³/mol. The van der Waals surface area contributed by atoms with Crippen molar-refractivity contribution in [3.05, 3.63) is 23.8 Å². The second kappa shape index (κ2) is 6.48. The summed E-state index contributed by atoms with van der Waals surface area (Å²) in [6, 6.07) is 5.76. The van der Waals surface area contributed by atoms with Gasteiger partial charge in [0, 0.05) is 12.5 Å². The molecule has 1 aliphatic rings. The van der Waals surface area contributed by atoms with Gasteiger partial charge in [-0.25, -0.2) is 0 Å². The van der Waals surface area contributed by atoms with Gasteiger partial charge in [-0.3, -0.25) is 4.79 Å². The van der Waals surface area contributed by atoms with Crippen LogP contribution in [0, 0.1) is 5.92 Å². The molecule has 1 aromatic carbocycles. The summed E-state index contributed by atoms with van der Waals surface area (Å²) in [5.74, 6) is 1.03. The smallest absolute Gasteiger partial charge is 0.314 e. The summed E-state index contributed by atoms with van der Waals surface area (Å²) in [7, 11) is 1.68. The highest BCUT2D eigenvalue weighted by Gasteiger charge is 2.32. The number of carbonyl (C=O) groups is 1. The second-order valence-corrected chi connectivity index (χ2v) is 6.11. The van der Waals surface area contributed by atoms with Crippen LogP contribution in [0.25, 0.3) is 0 Å². The molecule has 0 aliphatic heterocycles. The number of rotatable bonds is 7. The highest BCUT2D eigenvalue weighted by atomic mass is 16.6. The van der Waals surface area contributed by atoms with Crippen LogP contribution in [0.1, 0.15) is 39.2 Å². The summed E-state index contributed by atoms with van der Waals surface area (Å²) < 4.78 is 16.4. The molecule has 0 atom stereocenters. The maximum absolute atomic E-state index is 11.9. The normalized spacial score (nSPS) is 14.9. The quantitative estimate of drug-likeness (QED) is 0.571. The number of carbonyl (C=O) groups excluding carboxylic acids is 1. The zero-order chi connectivity index (χ0) is 15.5. The second-order valence-electron chi connectivity index (χ2n) is 6.11. The standard InChI is InChI=1S/C17H24O4/c1-5-20-14-9-8-13(17(2,3)11-19-4)10-15(14)21-16(18)12-6-7-12/h8-10,12H,5-7,11H2,1-4H3. The largest absolute Gasteiger partial charge is 0.490 e. The molecule has 1 saturated carbocycles. The third-order valence-electron chi connectivity index (χ3n) is 3.65. The summed E-state index contributed by atoms with van der Waals surface area (Å²) in [4.78, 5) is 11.9. The topological polar surface area (TPSA) is 44.8 Å². The lowest BCUT2D eigenvalue weighted by atomic mass is 9.85. The van der Waals surface area contributed by atoms with Crippen LogP contribution in [0.15, 0.2) is 18.2 Å². The van der Waals surface area contributed by atoms with E-state index in [0.29, 0.717) is 24.7 Å². The van der Waals surface area contributed by atoms with Crippen molar-refractivity contribution in [3.63, 3.8) is 0 Å². The molecule has 0 saturated heterocycles. The van der Waals surface area contributed by atoms with Crippen molar-refractivity contribution in [2.45, 2.75) is 39.0 Å². The molecule has 0 N–H and O–H groups in total. The Morgan fingerprint density at radius 2 is 2.00 bits per heavy atom. The minimum absolute atomic E-state index is 0.0649. The van der Waals surface area contributed by atoms with E-state index in [9.17, 15) is 4.79 Å². The number of benzene rings is 1. The fourth-order valence-electron chi connectivity index (χ4n) is 2.24. The van der Waals surface area contributed by atoms with E-state index < -0.39 is 0 Å². The molecule has 0 heterocycles. The molecule has 0 unspecified atom stereocenters. The minimum atomic E-state index is -0.155. The van der Waals surface area contributed by atoms with Gasteiger partial charge in [0.2, 0.25) is 0 Å². The average molecular weight is 292 g/mol. The van der Waals surface area contributed by atoms with Gasteiger partial charge in [0.1, 0.15) is 0 Å². The van der Waals surface area contributed by atoms with Crippen LogP contribution in [-0.2, 0) is 14.9 Å². The van der Waals surface area contributed by atoms with Crippen molar-refractivity contribution in [1.29, 1.82) is 0 Å². The van der Waals surface area contributed by atoms with E-state index in [0.717, 1.165) is 18.4 Å². The Morgan fingerprint density at radius 1 is 1.29 bits per heavy atom. The van der Waals surface area contributed by atoms with Crippen molar-refractivity contribution in [3.8, 4) is 11.5 Å². The highest BCUT2D eigenvalue weighted by Crippen LogP contribution is 2.36. The van der Waals surface area contributed by atoms with Gasteiger partial charge in [-0.05, 0) is 37.5 Å². The maximum atomic E-state index is 11.9. The van der Waals surface area contributed by atoms with Crippen LogP contribution < -0.4 is 9.47 Å². The Bertz CT molecular complexity index is 504. The van der Waals surface area contributed by atoms with Crippen LogP contribution in [0.5, 0.6) is 11.5 Å². The molecule has 0 radical (unpaired) electrons. The first kappa shape index (κ1) is 15.8. The Balaban J connectivity index is 2.26. The van der Waals surface area contributed by atoms with Crippen LogP contribution >= 0.6 is 0 Å². The van der Waals surface area contributed by atoms with Crippen molar-refractivity contribution in [1.82, 2.24) is 0 Å². The number of methoxy groups -OCH3 is 1. The van der Waals surface area contributed by atoms with E-state index in [2.05, 4.69) is 13.8 Å². The van der Waals surface area contributed by atoms with Crippen LogP contribution in [0.3, 0.4) is 0 Å². The molecule has 1 aliphatic carbocycles. The van der Waals surface area contributed by atoms with Gasteiger partial charge in [0.25, 0.3) is 0 Å². The average Bonchev–Trinajstić information content (AvgIpc) is 3.25. The zero-order valence-electron chi connectivity index (χ0n) is 13.3. The maximum Gasteiger partial charge on any atom is 0.314 e. The molecule has 0 amide bonds. The molecule has 0 spiro atoms. The Kier molecular flexibility index (Phi) is 4.88. The fraction of sp³-hybridized carbons (Fsp3) is 0.588. The molecule has 116 valence electrons. The summed E-state index contributed by atoms with van der Waals surface area (Å²) in [6.07, 6.45) is 1.86.